The zero-order valence-corrected chi connectivity index (χ0v) is 13.7. The predicted octanol–water partition coefficient (Wildman–Crippen LogP) is 1.87. The molecule has 5 heteroatoms. The van der Waals surface area contributed by atoms with Gasteiger partial charge in [-0.15, -0.1) is 0 Å². The summed E-state index contributed by atoms with van der Waals surface area (Å²) in [5.41, 5.74) is 0.217. The van der Waals surface area contributed by atoms with Crippen molar-refractivity contribution >= 4 is 11.9 Å². The van der Waals surface area contributed by atoms with E-state index in [1.807, 2.05) is 0 Å². The Bertz CT molecular complexity index is 457. The van der Waals surface area contributed by atoms with Gasteiger partial charge in [0.15, 0.2) is 0 Å². The van der Waals surface area contributed by atoms with Crippen molar-refractivity contribution in [2.75, 3.05) is 13.1 Å². The van der Waals surface area contributed by atoms with Crippen LogP contribution in [0.5, 0.6) is 0 Å². The molecule has 2 N–H and O–H groups in total. The Labute approximate surface area is 132 Å². The molecule has 3 saturated carbocycles. The summed E-state index contributed by atoms with van der Waals surface area (Å²) in [5.74, 6) is 0.354. The van der Waals surface area contributed by atoms with Gasteiger partial charge in [-0.2, -0.15) is 0 Å². The third kappa shape index (κ3) is 3.45. The Morgan fingerprint density at radius 3 is 2.50 bits per heavy atom. The van der Waals surface area contributed by atoms with Crippen molar-refractivity contribution in [3.05, 3.63) is 0 Å². The number of carbonyl (C=O) groups is 2. The Morgan fingerprint density at radius 1 is 1.32 bits per heavy atom. The molecule has 0 aromatic rings. The number of carboxylic acid groups (broad SMARTS) is 1. The quantitative estimate of drug-likeness (QED) is 0.718. The lowest BCUT2D eigenvalue weighted by Crippen LogP contribution is -2.55. The average Bonchev–Trinajstić information content (AvgIpc) is 3.30. The van der Waals surface area contributed by atoms with E-state index in [1.54, 1.807) is 0 Å². The summed E-state index contributed by atoms with van der Waals surface area (Å²) in [6, 6.07) is 0.577. The predicted molar refractivity (Wildman–Crippen MR) is 83.4 cm³/mol. The zero-order chi connectivity index (χ0) is 15.9. The fraction of sp³-hybridized carbons (Fsp3) is 0.882. The number of carbonyl (C=O) groups excluding carboxylic acids is 1. The van der Waals surface area contributed by atoms with Gasteiger partial charge in [-0.1, -0.05) is 13.8 Å². The molecule has 0 spiro atoms. The van der Waals surface area contributed by atoms with Gasteiger partial charge in [0.1, 0.15) is 0 Å². The number of aliphatic carboxylic acids is 1. The van der Waals surface area contributed by atoms with Gasteiger partial charge < -0.3 is 10.4 Å². The highest BCUT2D eigenvalue weighted by Gasteiger charge is 2.53. The van der Waals surface area contributed by atoms with E-state index in [0.29, 0.717) is 12.0 Å². The van der Waals surface area contributed by atoms with Crippen LogP contribution >= 0.6 is 0 Å². The second-order valence-electron chi connectivity index (χ2n) is 7.86. The van der Waals surface area contributed by atoms with E-state index < -0.39 is 5.97 Å². The smallest absolute Gasteiger partial charge is 0.317 e. The van der Waals surface area contributed by atoms with Gasteiger partial charge in [-0.3, -0.25) is 14.5 Å². The molecule has 0 heterocycles. The van der Waals surface area contributed by atoms with Crippen LogP contribution in [0.2, 0.25) is 0 Å². The summed E-state index contributed by atoms with van der Waals surface area (Å²) in [5, 5.41) is 12.2. The van der Waals surface area contributed by atoms with Crippen molar-refractivity contribution in [2.45, 2.75) is 64.5 Å². The normalized spacial score (nSPS) is 36.8. The van der Waals surface area contributed by atoms with E-state index in [1.165, 1.54) is 12.8 Å². The summed E-state index contributed by atoms with van der Waals surface area (Å²) < 4.78 is 0. The molecule has 3 rings (SSSR count). The first-order valence-electron chi connectivity index (χ1n) is 8.67. The van der Waals surface area contributed by atoms with Crippen LogP contribution in [0.3, 0.4) is 0 Å². The number of rotatable bonds is 8. The highest BCUT2D eigenvalue weighted by atomic mass is 16.4. The Hall–Kier alpha value is -1.10. The third-order valence-electron chi connectivity index (χ3n) is 5.98. The maximum Gasteiger partial charge on any atom is 0.317 e. The second kappa shape index (κ2) is 5.84. The zero-order valence-electron chi connectivity index (χ0n) is 13.7. The molecule has 2 atom stereocenters. The lowest BCUT2D eigenvalue weighted by molar-refractivity contribution is -0.140. The minimum Gasteiger partial charge on any atom is -0.480 e. The van der Waals surface area contributed by atoms with Crippen LogP contribution in [0, 0.1) is 17.3 Å². The first-order chi connectivity index (χ1) is 10.4. The van der Waals surface area contributed by atoms with Crippen LogP contribution in [0.1, 0.15) is 52.4 Å². The minimum absolute atomic E-state index is 0.137. The molecule has 0 aromatic carbocycles. The van der Waals surface area contributed by atoms with E-state index in [2.05, 4.69) is 24.1 Å². The number of carboxylic acids is 1. The number of amides is 1. The largest absolute Gasteiger partial charge is 0.480 e. The first kappa shape index (κ1) is 15.8. The van der Waals surface area contributed by atoms with Crippen LogP contribution in [0.4, 0.5) is 0 Å². The molecular formula is C17H28N2O3. The maximum atomic E-state index is 12.2. The first-order valence-corrected chi connectivity index (χ1v) is 8.67. The minimum atomic E-state index is -0.746. The Kier molecular flexibility index (Phi) is 4.19. The number of nitrogens with zero attached hydrogens (tertiary/aromatic N) is 1. The van der Waals surface area contributed by atoms with Crippen molar-refractivity contribution in [1.29, 1.82) is 0 Å². The van der Waals surface area contributed by atoms with E-state index in [0.717, 1.165) is 32.2 Å². The fourth-order valence-corrected chi connectivity index (χ4v) is 3.66. The molecule has 5 nitrogen and oxygen atoms in total. The maximum absolute atomic E-state index is 12.2. The molecule has 0 radical (unpaired) electrons. The van der Waals surface area contributed by atoms with Crippen LogP contribution in [0.25, 0.3) is 0 Å². The van der Waals surface area contributed by atoms with Crippen LogP contribution in [-0.2, 0) is 9.59 Å². The summed E-state index contributed by atoms with van der Waals surface area (Å²) in [6.07, 6.45) is 6.35. The number of hydrogen-bond acceptors (Lipinski definition) is 3. The highest BCUT2D eigenvalue weighted by molar-refractivity contribution is 5.82. The molecule has 22 heavy (non-hydrogen) atoms. The molecule has 0 aliphatic heterocycles. The Morgan fingerprint density at radius 2 is 2.00 bits per heavy atom. The monoisotopic (exact) mass is 308 g/mol. The molecule has 3 aliphatic rings. The molecule has 0 aromatic heterocycles. The standard InChI is InChI=1S/C17H28N2O3/c1-3-17(2)8-14(17)16(22)18-12-6-13(7-12)19(10-15(20)21)9-11-4-5-11/h11-14H,3-10H2,1-2H3,(H,18,22)(H,20,21). The lowest BCUT2D eigenvalue weighted by Gasteiger charge is -2.42. The van der Waals surface area contributed by atoms with Crippen LogP contribution in [0.15, 0.2) is 0 Å². The molecule has 1 amide bonds. The van der Waals surface area contributed by atoms with Gasteiger partial charge in [0.25, 0.3) is 0 Å². The average molecular weight is 308 g/mol. The van der Waals surface area contributed by atoms with Crippen molar-refractivity contribution in [1.82, 2.24) is 10.2 Å². The Balaban J connectivity index is 1.42. The van der Waals surface area contributed by atoms with Crippen molar-refractivity contribution in [2.24, 2.45) is 17.3 Å². The van der Waals surface area contributed by atoms with Gasteiger partial charge in [0, 0.05) is 24.5 Å². The van der Waals surface area contributed by atoms with Crippen LogP contribution < -0.4 is 5.32 Å². The summed E-state index contributed by atoms with van der Waals surface area (Å²) in [6.45, 7) is 5.38. The lowest BCUT2D eigenvalue weighted by atomic mass is 9.85. The molecule has 2 unspecified atom stereocenters. The molecule has 3 fully saturated rings. The fourth-order valence-electron chi connectivity index (χ4n) is 3.66. The molecule has 0 saturated heterocycles. The third-order valence-corrected chi connectivity index (χ3v) is 5.98. The summed E-state index contributed by atoms with van der Waals surface area (Å²) >= 11 is 0. The van der Waals surface area contributed by atoms with E-state index in [4.69, 9.17) is 5.11 Å². The highest BCUT2D eigenvalue weighted by Crippen LogP contribution is 2.54. The van der Waals surface area contributed by atoms with E-state index >= 15 is 0 Å². The molecular weight excluding hydrogens is 280 g/mol. The van der Waals surface area contributed by atoms with E-state index in [9.17, 15) is 9.59 Å². The summed E-state index contributed by atoms with van der Waals surface area (Å²) in [4.78, 5) is 25.3. The van der Waals surface area contributed by atoms with Gasteiger partial charge in [0.05, 0.1) is 6.54 Å². The SMILES string of the molecule is CCC1(C)CC1C(=O)NC1CC(N(CC(=O)O)CC2CC2)C1. The molecule has 0 bridgehead atoms. The van der Waals surface area contributed by atoms with Crippen molar-refractivity contribution in [3.63, 3.8) is 0 Å². The van der Waals surface area contributed by atoms with Crippen molar-refractivity contribution in [3.8, 4) is 0 Å². The van der Waals surface area contributed by atoms with E-state index in [-0.39, 0.29) is 29.8 Å². The van der Waals surface area contributed by atoms with Crippen LogP contribution in [-0.4, -0.2) is 47.1 Å². The number of nitrogens with one attached hydrogen (secondary N) is 1. The van der Waals surface area contributed by atoms with Gasteiger partial charge in [-0.25, -0.2) is 0 Å². The summed E-state index contributed by atoms with van der Waals surface area (Å²) in [7, 11) is 0. The molecule has 124 valence electrons. The number of hydrogen-bond donors (Lipinski definition) is 2. The topological polar surface area (TPSA) is 69.6 Å². The van der Waals surface area contributed by atoms with Gasteiger partial charge in [0.2, 0.25) is 5.91 Å². The van der Waals surface area contributed by atoms with Gasteiger partial charge >= 0.3 is 5.97 Å². The molecule has 3 aliphatic carbocycles. The second-order valence-corrected chi connectivity index (χ2v) is 7.86. The van der Waals surface area contributed by atoms with Crippen molar-refractivity contribution < 1.29 is 14.7 Å². The van der Waals surface area contributed by atoms with Gasteiger partial charge in [-0.05, 0) is 49.9 Å².